The number of carbonyl (C=O) groups is 1. The summed E-state index contributed by atoms with van der Waals surface area (Å²) in [5, 5.41) is 0. The van der Waals surface area contributed by atoms with Gasteiger partial charge >= 0.3 is 0 Å². The number of Topliss-reactive ketones (excluding diaryl/α,β-unsaturated/α-hetero) is 1. The van der Waals surface area contributed by atoms with Gasteiger partial charge in [-0.1, -0.05) is 6.92 Å². The van der Waals surface area contributed by atoms with Crippen molar-refractivity contribution < 1.29 is 9.21 Å². The number of furan rings is 1. The zero-order valence-electron chi connectivity index (χ0n) is 10.2. The molecule has 2 rings (SSSR count). The SMILES string of the molecule is Cc1ccc(CN2CCC(=O)C(C)C2C)o1. The molecule has 1 fully saturated rings. The van der Waals surface area contributed by atoms with Gasteiger partial charge in [-0.15, -0.1) is 0 Å². The number of rotatable bonds is 2. The highest BCUT2D eigenvalue weighted by Crippen LogP contribution is 2.22. The Bertz CT molecular complexity index is 383. The largest absolute Gasteiger partial charge is 0.465 e. The highest BCUT2D eigenvalue weighted by Gasteiger charge is 2.30. The van der Waals surface area contributed by atoms with E-state index in [1.54, 1.807) is 0 Å². The maximum atomic E-state index is 11.6. The molecule has 0 spiro atoms. The van der Waals surface area contributed by atoms with Crippen LogP contribution in [0.25, 0.3) is 0 Å². The second-order valence-electron chi connectivity index (χ2n) is 4.73. The van der Waals surface area contributed by atoms with E-state index in [0.29, 0.717) is 18.2 Å². The second-order valence-corrected chi connectivity index (χ2v) is 4.73. The van der Waals surface area contributed by atoms with Crippen LogP contribution in [0.2, 0.25) is 0 Å². The first-order valence-corrected chi connectivity index (χ1v) is 5.90. The Kier molecular flexibility index (Phi) is 3.15. The smallest absolute Gasteiger partial charge is 0.138 e. The number of hydrogen-bond donors (Lipinski definition) is 0. The molecule has 1 aliphatic rings. The predicted molar refractivity (Wildman–Crippen MR) is 62.1 cm³/mol. The van der Waals surface area contributed by atoms with E-state index in [4.69, 9.17) is 4.42 Å². The lowest BCUT2D eigenvalue weighted by atomic mass is 9.91. The van der Waals surface area contributed by atoms with Crippen molar-refractivity contribution in [2.45, 2.75) is 39.8 Å². The molecule has 1 aliphatic heterocycles. The first kappa shape index (κ1) is 11.4. The maximum Gasteiger partial charge on any atom is 0.138 e. The van der Waals surface area contributed by atoms with Gasteiger partial charge < -0.3 is 4.42 Å². The van der Waals surface area contributed by atoms with Crippen molar-refractivity contribution in [3.8, 4) is 0 Å². The monoisotopic (exact) mass is 221 g/mol. The lowest BCUT2D eigenvalue weighted by Crippen LogP contribution is -2.46. The van der Waals surface area contributed by atoms with E-state index >= 15 is 0 Å². The van der Waals surface area contributed by atoms with E-state index in [-0.39, 0.29) is 5.92 Å². The van der Waals surface area contributed by atoms with Crippen LogP contribution in [0.15, 0.2) is 16.5 Å². The predicted octanol–water partition coefficient (Wildman–Crippen LogP) is 2.39. The molecule has 2 heterocycles. The van der Waals surface area contributed by atoms with E-state index in [0.717, 1.165) is 24.6 Å². The van der Waals surface area contributed by atoms with Gasteiger partial charge in [0.2, 0.25) is 0 Å². The molecule has 0 radical (unpaired) electrons. The summed E-state index contributed by atoms with van der Waals surface area (Å²) in [6.45, 7) is 7.76. The maximum absolute atomic E-state index is 11.6. The van der Waals surface area contributed by atoms with E-state index in [1.165, 1.54) is 0 Å². The van der Waals surface area contributed by atoms with Crippen LogP contribution < -0.4 is 0 Å². The number of nitrogens with zero attached hydrogens (tertiary/aromatic N) is 1. The zero-order valence-corrected chi connectivity index (χ0v) is 10.2. The first-order chi connectivity index (χ1) is 7.58. The number of carbonyl (C=O) groups excluding carboxylic acids is 1. The van der Waals surface area contributed by atoms with Gasteiger partial charge in [-0.3, -0.25) is 9.69 Å². The molecule has 2 atom stereocenters. The van der Waals surface area contributed by atoms with Crippen molar-refractivity contribution in [1.29, 1.82) is 0 Å². The summed E-state index contributed by atoms with van der Waals surface area (Å²) >= 11 is 0. The Hall–Kier alpha value is -1.09. The molecule has 0 bridgehead atoms. The van der Waals surface area contributed by atoms with Gasteiger partial charge in [-0.2, -0.15) is 0 Å². The van der Waals surface area contributed by atoms with Gasteiger partial charge in [0.1, 0.15) is 17.3 Å². The summed E-state index contributed by atoms with van der Waals surface area (Å²) in [6.07, 6.45) is 0.672. The van der Waals surface area contributed by atoms with Crippen LogP contribution in [0.3, 0.4) is 0 Å². The minimum absolute atomic E-state index is 0.143. The fourth-order valence-electron chi connectivity index (χ4n) is 2.26. The highest BCUT2D eigenvalue weighted by molar-refractivity contribution is 5.82. The summed E-state index contributed by atoms with van der Waals surface area (Å²) in [5.41, 5.74) is 0. The normalized spacial score (nSPS) is 27.3. The van der Waals surface area contributed by atoms with Gasteiger partial charge in [-0.25, -0.2) is 0 Å². The molecule has 1 aromatic heterocycles. The Balaban J connectivity index is 2.02. The number of likely N-dealkylation sites (tertiary alicyclic amines) is 1. The van der Waals surface area contributed by atoms with Gasteiger partial charge in [0.15, 0.2) is 0 Å². The molecule has 0 aromatic carbocycles. The van der Waals surface area contributed by atoms with Crippen LogP contribution in [0.1, 0.15) is 31.8 Å². The lowest BCUT2D eigenvalue weighted by molar-refractivity contribution is -0.128. The molecule has 0 saturated carbocycles. The van der Waals surface area contributed by atoms with Crippen LogP contribution in [0, 0.1) is 12.8 Å². The van der Waals surface area contributed by atoms with Crippen LogP contribution in [0.5, 0.6) is 0 Å². The molecule has 88 valence electrons. The minimum Gasteiger partial charge on any atom is -0.465 e. The van der Waals surface area contributed by atoms with Crippen molar-refractivity contribution in [3.63, 3.8) is 0 Å². The van der Waals surface area contributed by atoms with E-state index < -0.39 is 0 Å². The fraction of sp³-hybridized carbons (Fsp3) is 0.615. The summed E-state index contributed by atoms with van der Waals surface area (Å²) in [4.78, 5) is 13.9. The zero-order chi connectivity index (χ0) is 11.7. The average Bonchev–Trinajstić information content (AvgIpc) is 2.65. The quantitative estimate of drug-likeness (QED) is 0.769. The van der Waals surface area contributed by atoms with Crippen LogP contribution in [-0.4, -0.2) is 23.3 Å². The number of hydrogen-bond acceptors (Lipinski definition) is 3. The molecule has 0 amide bonds. The minimum atomic E-state index is 0.143. The summed E-state index contributed by atoms with van der Waals surface area (Å²) in [7, 11) is 0. The summed E-state index contributed by atoms with van der Waals surface area (Å²) < 4.78 is 5.57. The average molecular weight is 221 g/mol. The van der Waals surface area contributed by atoms with Crippen molar-refractivity contribution in [3.05, 3.63) is 23.7 Å². The van der Waals surface area contributed by atoms with Crippen molar-refractivity contribution in [2.75, 3.05) is 6.54 Å². The third-order valence-electron chi connectivity index (χ3n) is 3.61. The molecule has 16 heavy (non-hydrogen) atoms. The van der Waals surface area contributed by atoms with Gasteiger partial charge in [-0.05, 0) is 26.0 Å². The summed E-state index contributed by atoms with van der Waals surface area (Å²) in [5.74, 6) is 2.47. The molecular weight excluding hydrogens is 202 g/mol. The Morgan fingerprint density at radius 3 is 2.81 bits per heavy atom. The van der Waals surface area contributed by atoms with Crippen molar-refractivity contribution >= 4 is 5.78 Å². The van der Waals surface area contributed by atoms with Gasteiger partial charge in [0, 0.05) is 24.9 Å². The fourth-order valence-corrected chi connectivity index (χ4v) is 2.26. The first-order valence-electron chi connectivity index (χ1n) is 5.90. The standard InChI is InChI=1S/C13H19NO2/c1-9-4-5-12(16-9)8-14-7-6-13(15)10(2)11(14)3/h4-5,10-11H,6-8H2,1-3H3. The van der Waals surface area contributed by atoms with E-state index in [2.05, 4.69) is 11.8 Å². The third kappa shape index (κ3) is 2.19. The van der Waals surface area contributed by atoms with Crippen LogP contribution in [-0.2, 0) is 11.3 Å². The van der Waals surface area contributed by atoms with E-state index in [1.807, 2.05) is 26.0 Å². The van der Waals surface area contributed by atoms with Crippen molar-refractivity contribution in [1.82, 2.24) is 4.90 Å². The van der Waals surface area contributed by atoms with Crippen molar-refractivity contribution in [2.24, 2.45) is 5.92 Å². The van der Waals surface area contributed by atoms with Gasteiger partial charge in [0.05, 0.1) is 6.54 Å². The Morgan fingerprint density at radius 1 is 1.44 bits per heavy atom. The molecule has 1 saturated heterocycles. The number of aryl methyl sites for hydroxylation is 1. The summed E-state index contributed by atoms with van der Waals surface area (Å²) in [6, 6.07) is 4.31. The molecule has 0 aliphatic carbocycles. The molecular formula is C13H19NO2. The molecule has 3 nitrogen and oxygen atoms in total. The van der Waals surface area contributed by atoms with Gasteiger partial charge in [0.25, 0.3) is 0 Å². The number of piperidine rings is 1. The topological polar surface area (TPSA) is 33.5 Å². The Labute approximate surface area is 96.4 Å². The van der Waals surface area contributed by atoms with Crippen LogP contribution in [0.4, 0.5) is 0 Å². The Morgan fingerprint density at radius 2 is 2.19 bits per heavy atom. The molecule has 1 aromatic rings. The van der Waals surface area contributed by atoms with Crippen LogP contribution >= 0.6 is 0 Å². The lowest BCUT2D eigenvalue weighted by Gasteiger charge is -2.36. The highest BCUT2D eigenvalue weighted by atomic mass is 16.3. The molecule has 2 unspecified atom stereocenters. The molecule has 3 heteroatoms. The third-order valence-corrected chi connectivity index (χ3v) is 3.61. The van der Waals surface area contributed by atoms with E-state index in [9.17, 15) is 4.79 Å². The second kappa shape index (κ2) is 4.42. The molecule has 0 N–H and O–H groups in total. The number of ketones is 1.